The highest BCUT2D eigenvalue weighted by molar-refractivity contribution is 7.26. The summed E-state index contributed by atoms with van der Waals surface area (Å²) < 4.78 is 15.5. The molecule has 0 saturated carbocycles. The number of fused-ring (bicyclic) bond motifs is 12. The van der Waals surface area contributed by atoms with E-state index < -0.39 is 0 Å². The molecule has 3 nitrogen and oxygen atoms in total. The van der Waals surface area contributed by atoms with Crippen LogP contribution in [0.5, 0.6) is 0 Å². The second-order valence-electron chi connectivity index (χ2n) is 12.9. The maximum Gasteiger partial charge on any atom is 0.144 e. The van der Waals surface area contributed by atoms with Gasteiger partial charge in [0, 0.05) is 64.3 Å². The number of para-hydroxylation sites is 3. The van der Waals surface area contributed by atoms with Crippen LogP contribution in [0.15, 0.2) is 173 Å². The number of furan rings is 2. The van der Waals surface area contributed by atoms with Gasteiger partial charge in [-0.25, -0.2) is 0 Å². The van der Waals surface area contributed by atoms with Crippen LogP contribution in [0.3, 0.4) is 0 Å². The molecule has 3 heterocycles. The molecule has 0 amide bonds. The Kier molecular flexibility index (Phi) is 5.83. The Morgan fingerprint density at radius 3 is 2.02 bits per heavy atom. The third-order valence-electron chi connectivity index (χ3n) is 10.1. The van der Waals surface area contributed by atoms with Gasteiger partial charge >= 0.3 is 0 Å². The quantitative estimate of drug-likeness (QED) is 0.189. The summed E-state index contributed by atoms with van der Waals surface area (Å²) in [6, 6.07) is 58.2. The molecule has 3 aromatic heterocycles. The molecular weight excluding hydrogens is 631 g/mol. The predicted octanol–water partition coefficient (Wildman–Crippen LogP) is 14.1. The lowest BCUT2D eigenvalue weighted by Crippen LogP contribution is -2.09. The molecule has 234 valence electrons. The van der Waals surface area contributed by atoms with Crippen molar-refractivity contribution in [1.29, 1.82) is 0 Å². The van der Waals surface area contributed by atoms with Crippen molar-refractivity contribution in [3.63, 3.8) is 0 Å². The molecule has 0 aliphatic rings. The number of nitrogens with zero attached hydrogens (tertiary/aromatic N) is 1. The van der Waals surface area contributed by atoms with Gasteiger partial charge in [0.2, 0.25) is 0 Å². The fraction of sp³-hybridized carbons (Fsp3) is 0. The van der Waals surface area contributed by atoms with Gasteiger partial charge in [-0.1, -0.05) is 97.1 Å². The molecule has 0 saturated heterocycles. The lowest BCUT2D eigenvalue weighted by Gasteiger charge is -2.25. The normalized spacial score (nSPS) is 12.0. The zero-order valence-corrected chi connectivity index (χ0v) is 27.6. The fourth-order valence-electron chi connectivity index (χ4n) is 7.78. The van der Waals surface area contributed by atoms with Crippen molar-refractivity contribution in [3.05, 3.63) is 164 Å². The van der Waals surface area contributed by atoms with Gasteiger partial charge in [0.15, 0.2) is 0 Å². The van der Waals surface area contributed by atoms with Crippen LogP contribution in [-0.2, 0) is 0 Å². The Morgan fingerprint density at radius 2 is 1.12 bits per heavy atom. The lowest BCUT2D eigenvalue weighted by molar-refractivity contribution is 0.670. The van der Waals surface area contributed by atoms with Crippen molar-refractivity contribution in [3.8, 4) is 11.1 Å². The monoisotopic (exact) mass is 657 g/mol. The van der Waals surface area contributed by atoms with E-state index in [0.717, 1.165) is 66.7 Å². The van der Waals surface area contributed by atoms with E-state index in [1.165, 1.54) is 36.3 Å². The molecule has 50 heavy (non-hydrogen) atoms. The SMILES string of the molecule is c1ccc(N(c2ccc(-c3cccc4c3oc3ccccc34)cc2)c2ccc3sc4ccc5c(oc6ccc7ccccc7c65)c4c3c2)cc1. The maximum absolute atomic E-state index is 6.70. The number of thiophene rings is 1. The molecule has 0 aliphatic heterocycles. The largest absolute Gasteiger partial charge is 0.455 e. The van der Waals surface area contributed by atoms with E-state index in [1.807, 2.05) is 23.5 Å². The van der Waals surface area contributed by atoms with Crippen molar-refractivity contribution in [2.24, 2.45) is 0 Å². The lowest BCUT2D eigenvalue weighted by atomic mass is 10.0. The van der Waals surface area contributed by atoms with Crippen LogP contribution in [0.4, 0.5) is 17.1 Å². The third kappa shape index (κ3) is 4.03. The third-order valence-corrected chi connectivity index (χ3v) is 11.2. The van der Waals surface area contributed by atoms with Crippen LogP contribution in [-0.4, -0.2) is 0 Å². The van der Waals surface area contributed by atoms with Crippen molar-refractivity contribution in [1.82, 2.24) is 0 Å². The summed E-state index contributed by atoms with van der Waals surface area (Å²) in [4.78, 5) is 2.33. The highest BCUT2D eigenvalue weighted by atomic mass is 32.1. The van der Waals surface area contributed by atoms with Gasteiger partial charge < -0.3 is 13.7 Å². The Morgan fingerprint density at radius 1 is 0.400 bits per heavy atom. The van der Waals surface area contributed by atoms with Gasteiger partial charge in [0.1, 0.15) is 22.3 Å². The van der Waals surface area contributed by atoms with Gasteiger partial charge in [-0.3, -0.25) is 0 Å². The van der Waals surface area contributed by atoms with Gasteiger partial charge in [0.25, 0.3) is 0 Å². The summed E-state index contributed by atoms with van der Waals surface area (Å²) in [5.74, 6) is 0. The van der Waals surface area contributed by atoms with E-state index >= 15 is 0 Å². The first kappa shape index (κ1) is 27.6. The molecule has 0 aliphatic carbocycles. The first-order valence-corrected chi connectivity index (χ1v) is 17.7. The Balaban J connectivity index is 1.08. The van der Waals surface area contributed by atoms with Crippen LogP contribution >= 0.6 is 11.3 Å². The minimum Gasteiger partial charge on any atom is -0.455 e. The van der Waals surface area contributed by atoms with Crippen molar-refractivity contribution in [2.75, 3.05) is 4.90 Å². The Bertz CT molecular complexity index is 3090. The minimum atomic E-state index is 0.909. The van der Waals surface area contributed by atoms with E-state index in [2.05, 4.69) is 157 Å². The summed E-state index contributed by atoms with van der Waals surface area (Å²) in [5, 5.41) is 9.43. The molecule has 11 rings (SSSR count). The first-order valence-electron chi connectivity index (χ1n) is 16.8. The standard InChI is InChI=1S/C46H27NO2S/c1-2-10-30(11-3-1)47(31-20-17-29(18-21-31)34-14-8-15-36-35-13-6-7-16-39(35)48-45(34)36)32-22-25-41-38(27-32)44-42(50-41)26-23-37-43-33-12-5-4-9-28(33)19-24-40(43)49-46(37)44/h1-27H. The molecular formula is C46H27NO2S. The van der Waals surface area contributed by atoms with Crippen LogP contribution in [0, 0.1) is 0 Å². The number of rotatable bonds is 4. The van der Waals surface area contributed by atoms with E-state index in [0.29, 0.717) is 0 Å². The molecule has 0 unspecified atom stereocenters. The van der Waals surface area contributed by atoms with Gasteiger partial charge in [0.05, 0.1) is 0 Å². The molecule has 11 aromatic rings. The first-order chi connectivity index (χ1) is 24.8. The highest BCUT2D eigenvalue weighted by Gasteiger charge is 2.20. The summed E-state index contributed by atoms with van der Waals surface area (Å²) in [5.41, 5.74) is 9.17. The van der Waals surface area contributed by atoms with Crippen molar-refractivity contribution < 1.29 is 8.83 Å². The molecule has 0 N–H and O–H groups in total. The average molecular weight is 658 g/mol. The van der Waals surface area contributed by atoms with Gasteiger partial charge in [-0.2, -0.15) is 0 Å². The van der Waals surface area contributed by atoms with E-state index in [1.54, 1.807) is 0 Å². The minimum absolute atomic E-state index is 0.909. The Labute approximate surface area is 290 Å². The number of hydrogen-bond acceptors (Lipinski definition) is 4. The molecule has 0 spiro atoms. The van der Waals surface area contributed by atoms with E-state index in [-0.39, 0.29) is 0 Å². The van der Waals surface area contributed by atoms with Crippen LogP contribution in [0.2, 0.25) is 0 Å². The summed E-state index contributed by atoms with van der Waals surface area (Å²) in [6.45, 7) is 0. The summed E-state index contributed by atoms with van der Waals surface area (Å²) in [6.07, 6.45) is 0. The summed E-state index contributed by atoms with van der Waals surface area (Å²) >= 11 is 1.82. The van der Waals surface area contributed by atoms with Crippen LogP contribution in [0.25, 0.3) is 85.9 Å². The molecule has 0 fully saturated rings. The van der Waals surface area contributed by atoms with Crippen molar-refractivity contribution in [2.45, 2.75) is 0 Å². The van der Waals surface area contributed by atoms with E-state index in [9.17, 15) is 0 Å². The zero-order chi connectivity index (χ0) is 32.8. The molecule has 0 radical (unpaired) electrons. The van der Waals surface area contributed by atoms with Gasteiger partial charge in [-0.15, -0.1) is 11.3 Å². The van der Waals surface area contributed by atoms with Crippen LogP contribution in [0.1, 0.15) is 0 Å². The molecule has 0 atom stereocenters. The second kappa shape index (κ2) is 10.6. The highest BCUT2D eigenvalue weighted by Crippen LogP contribution is 2.46. The van der Waals surface area contributed by atoms with Crippen LogP contribution < -0.4 is 4.90 Å². The zero-order valence-electron chi connectivity index (χ0n) is 26.8. The maximum atomic E-state index is 6.70. The number of hydrogen-bond donors (Lipinski definition) is 0. The number of benzene rings is 8. The Hall–Kier alpha value is -6.36. The topological polar surface area (TPSA) is 29.5 Å². The van der Waals surface area contributed by atoms with Gasteiger partial charge in [-0.05, 0) is 83.1 Å². The van der Waals surface area contributed by atoms with Crippen molar-refractivity contribution >= 4 is 103 Å². The summed E-state index contributed by atoms with van der Waals surface area (Å²) in [7, 11) is 0. The molecule has 8 aromatic carbocycles. The predicted molar refractivity (Wildman–Crippen MR) is 212 cm³/mol. The second-order valence-corrected chi connectivity index (χ2v) is 13.9. The van der Waals surface area contributed by atoms with E-state index in [4.69, 9.17) is 8.83 Å². The smallest absolute Gasteiger partial charge is 0.144 e. The molecule has 4 heteroatoms. The average Bonchev–Trinajstić information content (AvgIpc) is 3.87. The fourth-order valence-corrected chi connectivity index (χ4v) is 8.87. The number of anilines is 3. The molecule has 0 bridgehead atoms.